The first kappa shape index (κ1) is 16.8. The molecule has 2 N–H and O–H groups in total. The average Bonchev–Trinajstić information content (AvgIpc) is 2.32. The first-order chi connectivity index (χ1) is 9.47. The molecular formula is C14H27N3O3. The van der Waals surface area contributed by atoms with Crippen LogP contribution in [0.15, 0.2) is 0 Å². The van der Waals surface area contributed by atoms with Gasteiger partial charge in [0, 0.05) is 19.1 Å². The van der Waals surface area contributed by atoms with E-state index in [0.29, 0.717) is 13.1 Å². The molecule has 1 rings (SSSR count). The summed E-state index contributed by atoms with van der Waals surface area (Å²) in [6.07, 6.45) is 2.00. The molecular weight excluding hydrogens is 258 g/mol. The van der Waals surface area contributed by atoms with Crippen molar-refractivity contribution in [3.05, 3.63) is 0 Å². The maximum atomic E-state index is 11.8. The van der Waals surface area contributed by atoms with Crippen LogP contribution in [0.1, 0.15) is 33.6 Å². The van der Waals surface area contributed by atoms with Gasteiger partial charge in [-0.2, -0.15) is 0 Å². The molecule has 0 aromatic rings. The van der Waals surface area contributed by atoms with Crippen LogP contribution >= 0.6 is 0 Å². The van der Waals surface area contributed by atoms with Gasteiger partial charge < -0.3 is 20.2 Å². The number of hydrogen-bond acceptors (Lipinski definition) is 3. The minimum atomic E-state index is -0.818. The van der Waals surface area contributed by atoms with Crippen molar-refractivity contribution in [2.24, 2.45) is 5.92 Å². The molecule has 2 amide bonds. The zero-order valence-corrected chi connectivity index (χ0v) is 12.8. The van der Waals surface area contributed by atoms with E-state index < -0.39 is 11.9 Å². The van der Waals surface area contributed by atoms with Gasteiger partial charge in [0.1, 0.15) is 0 Å². The number of carbonyl (C=O) groups excluding carboxylic acids is 1. The van der Waals surface area contributed by atoms with Gasteiger partial charge in [0.05, 0.1) is 5.92 Å². The molecule has 1 atom stereocenters. The zero-order valence-electron chi connectivity index (χ0n) is 12.8. The van der Waals surface area contributed by atoms with Crippen LogP contribution in [-0.4, -0.2) is 65.7 Å². The maximum absolute atomic E-state index is 11.8. The van der Waals surface area contributed by atoms with E-state index in [0.717, 1.165) is 32.5 Å². The molecule has 6 nitrogen and oxygen atoms in total. The molecule has 0 aliphatic carbocycles. The van der Waals surface area contributed by atoms with Crippen LogP contribution < -0.4 is 5.32 Å². The lowest BCUT2D eigenvalue weighted by molar-refractivity contribution is -0.146. The fraction of sp³-hybridized carbons (Fsp3) is 0.857. The number of urea groups is 1. The lowest BCUT2D eigenvalue weighted by Crippen LogP contribution is -2.57. The Kier molecular flexibility index (Phi) is 6.78. The number of hydrogen-bond donors (Lipinski definition) is 2. The lowest BCUT2D eigenvalue weighted by Gasteiger charge is -2.37. The maximum Gasteiger partial charge on any atom is 0.317 e. The Morgan fingerprint density at radius 1 is 1.35 bits per heavy atom. The van der Waals surface area contributed by atoms with E-state index in [-0.39, 0.29) is 12.1 Å². The third kappa shape index (κ3) is 5.00. The minimum Gasteiger partial charge on any atom is -0.481 e. The summed E-state index contributed by atoms with van der Waals surface area (Å²) in [7, 11) is 0. The Hall–Kier alpha value is -1.30. The summed E-state index contributed by atoms with van der Waals surface area (Å²) in [5.74, 6) is -1.21. The summed E-state index contributed by atoms with van der Waals surface area (Å²) >= 11 is 0. The Morgan fingerprint density at radius 3 is 2.45 bits per heavy atom. The highest BCUT2D eigenvalue weighted by Crippen LogP contribution is 2.15. The Balaban J connectivity index is 2.15. The summed E-state index contributed by atoms with van der Waals surface area (Å²) in [4.78, 5) is 26.4. The number of amides is 2. The normalized spacial score (nSPS) is 16.9. The summed E-state index contributed by atoms with van der Waals surface area (Å²) < 4.78 is 0. The van der Waals surface area contributed by atoms with Gasteiger partial charge in [0.25, 0.3) is 0 Å². The van der Waals surface area contributed by atoms with E-state index in [1.54, 1.807) is 4.90 Å². The lowest BCUT2D eigenvalue weighted by atomic mass is 10.0. The van der Waals surface area contributed by atoms with E-state index in [4.69, 9.17) is 5.11 Å². The monoisotopic (exact) mass is 285 g/mol. The van der Waals surface area contributed by atoms with Crippen LogP contribution in [0.2, 0.25) is 0 Å². The SMILES string of the molecule is CCN(CC)CCCC(C)NC(=O)N1CC(C(=O)O)C1. The molecule has 0 radical (unpaired) electrons. The number of rotatable bonds is 8. The highest BCUT2D eigenvalue weighted by molar-refractivity contribution is 5.79. The standard InChI is InChI=1S/C14H27N3O3/c1-4-16(5-2)8-6-7-11(3)15-14(20)17-9-12(10-17)13(18)19/h11-12H,4-10H2,1-3H3,(H,15,20)(H,18,19). The zero-order chi connectivity index (χ0) is 15.1. The van der Waals surface area contributed by atoms with Gasteiger partial charge in [0.2, 0.25) is 0 Å². The summed E-state index contributed by atoms with van der Waals surface area (Å²) in [5, 5.41) is 11.7. The van der Waals surface area contributed by atoms with Crippen molar-refractivity contribution in [1.29, 1.82) is 0 Å². The fourth-order valence-electron chi connectivity index (χ4n) is 2.34. The van der Waals surface area contributed by atoms with Crippen molar-refractivity contribution in [3.8, 4) is 0 Å². The van der Waals surface area contributed by atoms with Crippen LogP contribution in [0.5, 0.6) is 0 Å². The van der Waals surface area contributed by atoms with Crippen LogP contribution in [0.25, 0.3) is 0 Å². The predicted molar refractivity (Wildman–Crippen MR) is 77.7 cm³/mol. The van der Waals surface area contributed by atoms with Gasteiger partial charge in [-0.3, -0.25) is 4.79 Å². The topological polar surface area (TPSA) is 72.9 Å². The first-order valence-corrected chi connectivity index (χ1v) is 7.48. The van der Waals surface area contributed by atoms with Crippen molar-refractivity contribution in [1.82, 2.24) is 15.1 Å². The van der Waals surface area contributed by atoms with Gasteiger partial charge in [-0.05, 0) is 39.4 Å². The molecule has 1 fully saturated rings. The number of nitrogens with one attached hydrogen (secondary N) is 1. The molecule has 20 heavy (non-hydrogen) atoms. The van der Waals surface area contributed by atoms with E-state index >= 15 is 0 Å². The minimum absolute atomic E-state index is 0.127. The summed E-state index contributed by atoms with van der Waals surface area (Å²) in [6, 6.07) is -0.0141. The molecule has 0 bridgehead atoms. The third-order valence-electron chi connectivity index (χ3n) is 3.89. The molecule has 1 aliphatic heterocycles. The van der Waals surface area contributed by atoms with Crippen LogP contribution in [0, 0.1) is 5.92 Å². The summed E-state index contributed by atoms with van der Waals surface area (Å²) in [5.41, 5.74) is 0. The molecule has 1 unspecified atom stereocenters. The Labute approximate surface area is 121 Å². The van der Waals surface area contributed by atoms with Crippen molar-refractivity contribution in [2.45, 2.75) is 39.7 Å². The molecule has 1 saturated heterocycles. The molecule has 1 aliphatic rings. The quantitative estimate of drug-likeness (QED) is 0.703. The van der Waals surface area contributed by atoms with Gasteiger partial charge >= 0.3 is 12.0 Å². The number of carbonyl (C=O) groups is 2. The first-order valence-electron chi connectivity index (χ1n) is 7.48. The Morgan fingerprint density at radius 2 is 1.95 bits per heavy atom. The molecule has 0 spiro atoms. The van der Waals surface area contributed by atoms with Crippen molar-refractivity contribution in [2.75, 3.05) is 32.7 Å². The fourth-order valence-corrected chi connectivity index (χ4v) is 2.34. The van der Waals surface area contributed by atoms with Gasteiger partial charge in [0.15, 0.2) is 0 Å². The van der Waals surface area contributed by atoms with Crippen LogP contribution in [-0.2, 0) is 4.79 Å². The van der Waals surface area contributed by atoms with Crippen molar-refractivity contribution in [3.63, 3.8) is 0 Å². The largest absolute Gasteiger partial charge is 0.481 e. The highest BCUT2D eigenvalue weighted by Gasteiger charge is 2.35. The number of likely N-dealkylation sites (tertiary alicyclic amines) is 1. The molecule has 116 valence electrons. The number of nitrogens with zero attached hydrogens (tertiary/aromatic N) is 2. The van der Waals surface area contributed by atoms with Crippen molar-refractivity contribution < 1.29 is 14.7 Å². The third-order valence-corrected chi connectivity index (χ3v) is 3.89. The van der Waals surface area contributed by atoms with Crippen LogP contribution in [0.4, 0.5) is 4.79 Å². The second-order valence-corrected chi connectivity index (χ2v) is 5.46. The highest BCUT2D eigenvalue weighted by atomic mass is 16.4. The van der Waals surface area contributed by atoms with Gasteiger partial charge in [-0.1, -0.05) is 13.8 Å². The van der Waals surface area contributed by atoms with Crippen LogP contribution in [0.3, 0.4) is 0 Å². The van der Waals surface area contributed by atoms with E-state index in [1.165, 1.54) is 0 Å². The molecule has 1 heterocycles. The molecule has 0 aromatic carbocycles. The Bertz CT molecular complexity index is 326. The number of carboxylic acid groups (broad SMARTS) is 1. The molecule has 0 saturated carbocycles. The molecule has 6 heteroatoms. The molecule has 0 aromatic heterocycles. The van der Waals surface area contributed by atoms with E-state index in [2.05, 4.69) is 24.1 Å². The van der Waals surface area contributed by atoms with Crippen molar-refractivity contribution >= 4 is 12.0 Å². The predicted octanol–water partition coefficient (Wildman–Crippen LogP) is 1.22. The van der Waals surface area contributed by atoms with Gasteiger partial charge in [-0.25, -0.2) is 4.79 Å². The number of carboxylic acids is 1. The second kappa shape index (κ2) is 8.09. The smallest absolute Gasteiger partial charge is 0.317 e. The summed E-state index contributed by atoms with van der Waals surface area (Å²) in [6.45, 7) is 10.1. The average molecular weight is 285 g/mol. The number of aliphatic carboxylic acids is 1. The van der Waals surface area contributed by atoms with Gasteiger partial charge in [-0.15, -0.1) is 0 Å². The van der Waals surface area contributed by atoms with E-state index in [9.17, 15) is 9.59 Å². The van der Waals surface area contributed by atoms with E-state index in [1.807, 2.05) is 6.92 Å². The second-order valence-electron chi connectivity index (χ2n) is 5.46.